The summed E-state index contributed by atoms with van der Waals surface area (Å²) < 4.78 is 37.8. The highest BCUT2D eigenvalue weighted by atomic mass is 32.2. The van der Waals surface area contributed by atoms with Crippen LogP contribution in [-0.4, -0.2) is 34.0 Å². The van der Waals surface area contributed by atoms with E-state index < -0.39 is 11.9 Å². The van der Waals surface area contributed by atoms with Gasteiger partial charge in [-0.1, -0.05) is 6.92 Å². The van der Waals surface area contributed by atoms with Crippen LogP contribution >= 0.6 is 11.8 Å². The summed E-state index contributed by atoms with van der Waals surface area (Å²) in [5, 5.41) is 11.5. The van der Waals surface area contributed by atoms with Gasteiger partial charge in [0.25, 0.3) is 0 Å². The Morgan fingerprint density at radius 2 is 2.11 bits per heavy atom. The third-order valence-electron chi connectivity index (χ3n) is 2.07. The molecule has 0 bridgehead atoms. The van der Waals surface area contributed by atoms with Crippen molar-refractivity contribution in [1.82, 2.24) is 9.97 Å². The topological polar surface area (TPSA) is 58.0 Å². The molecule has 2 N–H and O–H groups in total. The molecule has 0 aromatic carbocycles. The molecule has 0 aliphatic heterocycles. The van der Waals surface area contributed by atoms with Crippen LogP contribution in [0.5, 0.6) is 0 Å². The van der Waals surface area contributed by atoms with Crippen molar-refractivity contribution in [2.45, 2.75) is 29.8 Å². The van der Waals surface area contributed by atoms with E-state index in [1.807, 2.05) is 6.92 Å². The summed E-state index contributed by atoms with van der Waals surface area (Å²) in [4.78, 5) is 7.31. The van der Waals surface area contributed by atoms with Crippen molar-refractivity contribution < 1.29 is 18.3 Å². The van der Waals surface area contributed by atoms with Crippen molar-refractivity contribution in [3.8, 4) is 0 Å². The normalized spacial score (nSPS) is 13.4. The van der Waals surface area contributed by atoms with Gasteiger partial charge in [-0.15, -0.1) is 11.8 Å². The summed E-state index contributed by atoms with van der Waals surface area (Å²) in [7, 11) is 1.46. The molecule has 0 radical (unpaired) electrons. The third kappa shape index (κ3) is 4.34. The zero-order valence-electron chi connectivity index (χ0n) is 9.95. The zero-order valence-corrected chi connectivity index (χ0v) is 10.8. The Morgan fingerprint density at radius 3 is 2.61 bits per heavy atom. The second-order valence-electron chi connectivity index (χ2n) is 3.60. The summed E-state index contributed by atoms with van der Waals surface area (Å²) in [5.74, 6) is -0.0662. The van der Waals surface area contributed by atoms with Crippen LogP contribution in [-0.2, 0) is 6.18 Å². The maximum absolute atomic E-state index is 12.6. The van der Waals surface area contributed by atoms with E-state index in [4.69, 9.17) is 5.11 Å². The van der Waals surface area contributed by atoms with E-state index in [9.17, 15) is 13.2 Å². The molecule has 1 heterocycles. The minimum Gasteiger partial charge on any atom is -0.396 e. The van der Waals surface area contributed by atoms with Crippen LogP contribution in [0.3, 0.4) is 0 Å². The molecule has 1 rings (SSSR count). The molecule has 1 atom stereocenters. The van der Waals surface area contributed by atoms with E-state index in [1.165, 1.54) is 18.8 Å². The lowest BCUT2D eigenvalue weighted by Crippen LogP contribution is -2.11. The molecular formula is C10H14F3N3OS. The van der Waals surface area contributed by atoms with Gasteiger partial charge in [0.2, 0.25) is 5.95 Å². The number of hydrogen-bond donors (Lipinski definition) is 2. The molecule has 1 aromatic rings. The molecule has 0 saturated heterocycles. The van der Waals surface area contributed by atoms with Gasteiger partial charge in [0.15, 0.2) is 5.69 Å². The molecule has 8 heteroatoms. The largest absolute Gasteiger partial charge is 0.433 e. The Bertz CT molecular complexity index is 400. The van der Waals surface area contributed by atoms with E-state index in [0.29, 0.717) is 6.42 Å². The lowest BCUT2D eigenvalue weighted by atomic mass is 10.3. The molecule has 0 spiro atoms. The van der Waals surface area contributed by atoms with Crippen molar-refractivity contribution in [3.63, 3.8) is 0 Å². The Hall–Kier alpha value is -1.02. The van der Waals surface area contributed by atoms with Crippen molar-refractivity contribution in [1.29, 1.82) is 0 Å². The Kier molecular flexibility index (Phi) is 5.21. The first-order valence-electron chi connectivity index (χ1n) is 5.28. The van der Waals surface area contributed by atoms with Gasteiger partial charge < -0.3 is 10.4 Å². The molecule has 102 valence electrons. The summed E-state index contributed by atoms with van der Waals surface area (Å²) >= 11 is 1.18. The fourth-order valence-electron chi connectivity index (χ4n) is 1.19. The summed E-state index contributed by atoms with van der Waals surface area (Å²) in [6.45, 7) is 1.81. The zero-order chi connectivity index (χ0) is 13.8. The van der Waals surface area contributed by atoms with Gasteiger partial charge in [-0.3, -0.25) is 0 Å². The number of hydrogen-bond acceptors (Lipinski definition) is 5. The lowest BCUT2D eigenvalue weighted by Gasteiger charge is -2.12. The van der Waals surface area contributed by atoms with Gasteiger partial charge in [-0.2, -0.15) is 13.2 Å². The number of aromatic nitrogens is 2. The summed E-state index contributed by atoms with van der Waals surface area (Å²) in [5.41, 5.74) is -0.972. The summed E-state index contributed by atoms with van der Waals surface area (Å²) in [6.07, 6.45) is -4.00. The highest BCUT2D eigenvalue weighted by Gasteiger charge is 2.33. The van der Waals surface area contributed by atoms with E-state index in [-0.39, 0.29) is 22.8 Å². The molecule has 0 fully saturated rings. The smallest absolute Gasteiger partial charge is 0.396 e. The average molecular weight is 281 g/mol. The van der Waals surface area contributed by atoms with Crippen LogP contribution < -0.4 is 5.32 Å². The number of nitrogens with zero attached hydrogens (tertiary/aromatic N) is 2. The molecule has 0 aliphatic rings. The van der Waals surface area contributed by atoms with Gasteiger partial charge in [0.05, 0.1) is 0 Å². The van der Waals surface area contributed by atoms with Gasteiger partial charge in [-0.25, -0.2) is 9.97 Å². The minimum absolute atomic E-state index is 0.00966. The second-order valence-corrected chi connectivity index (χ2v) is 5.06. The number of nitrogens with one attached hydrogen (secondary N) is 1. The number of aliphatic hydroxyl groups is 1. The standard InChI is InChI=1S/C10H14F3N3OS/c1-6(3-4-17)18-8-5-7(10(11,12)13)15-9(14-2)16-8/h5-6,17H,3-4H2,1-2H3,(H,14,15,16). The number of anilines is 1. The predicted octanol–water partition coefficient (Wildman–Crippen LogP) is 2.40. The van der Waals surface area contributed by atoms with E-state index >= 15 is 0 Å². The molecule has 4 nitrogen and oxygen atoms in total. The third-order valence-corrected chi connectivity index (χ3v) is 3.16. The van der Waals surface area contributed by atoms with Gasteiger partial charge in [-0.05, 0) is 6.42 Å². The quantitative estimate of drug-likeness (QED) is 0.641. The number of rotatable bonds is 5. The van der Waals surface area contributed by atoms with E-state index in [1.54, 1.807) is 0 Å². The van der Waals surface area contributed by atoms with Crippen LogP contribution in [0.15, 0.2) is 11.1 Å². The fourth-order valence-corrected chi connectivity index (χ4v) is 2.14. The maximum atomic E-state index is 12.6. The number of aliphatic hydroxyl groups excluding tert-OH is 1. The Labute approximate surface area is 107 Å². The van der Waals surface area contributed by atoms with Crippen molar-refractivity contribution in [3.05, 3.63) is 11.8 Å². The van der Waals surface area contributed by atoms with E-state index in [2.05, 4.69) is 15.3 Å². The van der Waals surface area contributed by atoms with E-state index in [0.717, 1.165) is 6.07 Å². The molecule has 0 aliphatic carbocycles. The number of halogens is 3. The molecule has 18 heavy (non-hydrogen) atoms. The first-order chi connectivity index (χ1) is 8.36. The van der Waals surface area contributed by atoms with Gasteiger partial charge >= 0.3 is 6.18 Å². The molecule has 0 amide bonds. The van der Waals surface area contributed by atoms with Crippen molar-refractivity contribution in [2.24, 2.45) is 0 Å². The average Bonchev–Trinajstić information content (AvgIpc) is 2.27. The van der Waals surface area contributed by atoms with Crippen LogP contribution in [0.1, 0.15) is 19.0 Å². The van der Waals surface area contributed by atoms with Crippen LogP contribution in [0, 0.1) is 0 Å². The Morgan fingerprint density at radius 1 is 1.44 bits per heavy atom. The molecular weight excluding hydrogens is 267 g/mol. The first-order valence-corrected chi connectivity index (χ1v) is 6.16. The highest BCUT2D eigenvalue weighted by Crippen LogP contribution is 2.32. The number of alkyl halides is 3. The van der Waals surface area contributed by atoms with Gasteiger partial charge in [0.1, 0.15) is 5.03 Å². The van der Waals surface area contributed by atoms with Crippen LogP contribution in [0.4, 0.5) is 19.1 Å². The fraction of sp³-hybridized carbons (Fsp3) is 0.600. The minimum atomic E-state index is -4.50. The van der Waals surface area contributed by atoms with Crippen LogP contribution in [0.25, 0.3) is 0 Å². The van der Waals surface area contributed by atoms with Gasteiger partial charge in [0, 0.05) is 25.0 Å². The highest BCUT2D eigenvalue weighted by molar-refractivity contribution is 7.99. The summed E-state index contributed by atoms with van der Waals surface area (Å²) in [6, 6.07) is 0.916. The molecule has 1 aromatic heterocycles. The monoisotopic (exact) mass is 281 g/mol. The van der Waals surface area contributed by atoms with Crippen LogP contribution in [0.2, 0.25) is 0 Å². The maximum Gasteiger partial charge on any atom is 0.433 e. The molecule has 1 unspecified atom stereocenters. The first kappa shape index (κ1) is 15.0. The number of thioether (sulfide) groups is 1. The predicted molar refractivity (Wildman–Crippen MR) is 63.6 cm³/mol. The SMILES string of the molecule is CNc1nc(SC(C)CCO)cc(C(F)(F)F)n1. The Balaban J connectivity index is 2.97. The van der Waals surface area contributed by atoms with Crippen molar-refractivity contribution in [2.75, 3.05) is 19.0 Å². The molecule has 0 saturated carbocycles. The second kappa shape index (κ2) is 6.24. The lowest BCUT2D eigenvalue weighted by molar-refractivity contribution is -0.141. The van der Waals surface area contributed by atoms with Crippen molar-refractivity contribution >= 4 is 17.7 Å².